The first-order chi connectivity index (χ1) is 17.5. The molecule has 3 heterocycles. The van der Waals surface area contributed by atoms with Crippen molar-refractivity contribution < 1.29 is 33.4 Å². The predicted molar refractivity (Wildman–Crippen MR) is 130 cm³/mol. The summed E-state index contributed by atoms with van der Waals surface area (Å²) in [6, 6.07) is 0. The van der Waals surface area contributed by atoms with Crippen LogP contribution in [-0.2, 0) is 47.5 Å². The van der Waals surface area contributed by atoms with Crippen molar-refractivity contribution in [1.82, 2.24) is 9.13 Å². The van der Waals surface area contributed by atoms with Gasteiger partial charge in [-0.3, -0.25) is 23.6 Å². The van der Waals surface area contributed by atoms with Crippen molar-refractivity contribution in [1.29, 1.82) is 0 Å². The molecule has 0 radical (unpaired) electrons. The van der Waals surface area contributed by atoms with Crippen molar-refractivity contribution in [3.63, 3.8) is 0 Å². The quantitative estimate of drug-likeness (QED) is 0.199. The number of guanidine groups is 1. The first-order valence-electron chi connectivity index (χ1n) is 11.3. The standard InChI is InChI=1S/C23H27N5O9/c1-7-8-9-10-27-16-17(25(2)23(34)26(3)18(16)30)28-12(19(31)35-4)11-13(29)14(20(32)36-5)15(21(33)37-6)24-22(27)28/h11H,7-10H2,1-6H3/b12-11-,15-14+,24-22?. The van der Waals surface area contributed by atoms with Gasteiger partial charge >= 0.3 is 23.6 Å². The summed E-state index contributed by atoms with van der Waals surface area (Å²) in [7, 11) is 5.77. The van der Waals surface area contributed by atoms with Crippen molar-refractivity contribution in [2.24, 2.45) is 19.1 Å². The number of nitrogens with zero attached hydrogens (tertiary/aromatic N) is 5. The molecule has 0 aromatic carbocycles. The maximum atomic E-state index is 13.3. The molecule has 0 bridgehead atoms. The Morgan fingerprint density at radius 3 is 2.08 bits per heavy atom. The minimum atomic E-state index is -1.19. The molecule has 3 rings (SSSR count). The van der Waals surface area contributed by atoms with E-state index in [1.807, 2.05) is 6.92 Å². The number of aliphatic imine (C=N–C) groups is 1. The number of ether oxygens (including phenoxy) is 3. The molecule has 1 aromatic rings. The molecule has 0 spiro atoms. The summed E-state index contributed by atoms with van der Waals surface area (Å²) >= 11 is 0. The molecule has 0 unspecified atom stereocenters. The second-order valence-corrected chi connectivity index (χ2v) is 8.08. The van der Waals surface area contributed by atoms with E-state index in [-0.39, 0.29) is 24.0 Å². The number of esters is 3. The van der Waals surface area contributed by atoms with Crippen molar-refractivity contribution >= 4 is 41.2 Å². The Morgan fingerprint density at radius 2 is 1.51 bits per heavy atom. The third kappa shape index (κ3) is 4.45. The molecule has 0 saturated carbocycles. The van der Waals surface area contributed by atoms with Crippen LogP contribution in [0.3, 0.4) is 0 Å². The van der Waals surface area contributed by atoms with Gasteiger partial charge < -0.3 is 19.1 Å². The number of methoxy groups -OCH3 is 3. The highest BCUT2D eigenvalue weighted by molar-refractivity contribution is 6.30. The zero-order valence-electron chi connectivity index (χ0n) is 21.3. The van der Waals surface area contributed by atoms with Crippen LogP contribution < -0.4 is 21.0 Å². The second-order valence-electron chi connectivity index (χ2n) is 8.08. The predicted octanol–water partition coefficient (Wildman–Crippen LogP) is -0.504. The molecule has 0 atom stereocenters. The summed E-state index contributed by atoms with van der Waals surface area (Å²) in [6.45, 7) is 2.17. The van der Waals surface area contributed by atoms with Crippen LogP contribution in [-0.4, -0.2) is 66.7 Å². The molecule has 2 aliphatic rings. The number of carbonyl (C=O) groups excluding carboxylic acids is 4. The number of unbranched alkanes of at least 4 members (excludes halogenated alkanes) is 2. The first kappa shape index (κ1) is 27.1. The van der Waals surface area contributed by atoms with Gasteiger partial charge in [-0.1, -0.05) is 19.8 Å². The molecule has 2 aliphatic heterocycles. The van der Waals surface area contributed by atoms with Crippen LogP contribution in [0, 0.1) is 0 Å². The van der Waals surface area contributed by atoms with Crippen molar-refractivity contribution in [3.05, 3.63) is 43.9 Å². The average molecular weight is 517 g/mol. The lowest BCUT2D eigenvalue weighted by Crippen LogP contribution is -2.43. The van der Waals surface area contributed by atoms with Crippen molar-refractivity contribution in [2.45, 2.75) is 26.2 Å². The number of hydrogen-bond donors (Lipinski definition) is 0. The molecule has 0 N–H and O–H groups in total. The van der Waals surface area contributed by atoms with Crippen molar-refractivity contribution in [2.75, 3.05) is 37.7 Å². The maximum absolute atomic E-state index is 13.3. The smallest absolute Gasteiger partial charge is 0.357 e. The molecule has 198 valence electrons. The molecular formula is C23H27N5O9. The molecule has 14 heteroatoms. The number of fused-ring (bicyclic) bond motifs is 3. The van der Waals surface area contributed by atoms with Gasteiger partial charge in [-0.2, -0.15) is 0 Å². The summed E-state index contributed by atoms with van der Waals surface area (Å²) < 4.78 is 16.3. The molecule has 14 nitrogen and oxygen atoms in total. The molecule has 1 aromatic heterocycles. The van der Waals surface area contributed by atoms with Gasteiger partial charge in [-0.25, -0.2) is 24.2 Å². The van der Waals surface area contributed by atoms with E-state index in [4.69, 9.17) is 9.47 Å². The third-order valence-corrected chi connectivity index (χ3v) is 5.89. The Labute approximate surface area is 211 Å². The Hall–Kier alpha value is -4.49. The summed E-state index contributed by atoms with van der Waals surface area (Å²) in [6.07, 6.45) is 2.92. The zero-order chi connectivity index (χ0) is 27.6. The van der Waals surface area contributed by atoms with E-state index >= 15 is 0 Å². The maximum Gasteiger partial charge on any atom is 0.357 e. The fraction of sp³-hybridized carbons (Fsp3) is 0.435. The highest BCUT2D eigenvalue weighted by Gasteiger charge is 2.45. The summed E-state index contributed by atoms with van der Waals surface area (Å²) in [5.74, 6) is -4.71. The number of rotatable bonds is 7. The van der Waals surface area contributed by atoms with Crippen LogP contribution in [0.2, 0.25) is 0 Å². The lowest BCUT2D eigenvalue weighted by atomic mass is 10.1. The van der Waals surface area contributed by atoms with Crippen LogP contribution in [0.25, 0.3) is 0 Å². The van der Waals surface area contributed by atoms with Gasteiger partial charge in [0.05, 0.1) is 21.3 Å². The topological polar surface area (TPSA) is 159 Å². The van der Waals surface area contributed by atoms with Gasteiger partial charge in [0.1, 0.15) is 11.3 Å². The van der Waals surface area contributed by atoms with Gasteiger partial charge in [-0.05, 0) is 6.42 Å². The average Bonchev–Trinajstić information content (AvgIpc) is 3.20. The molecule has 0 fully saturated rings. The highest BCUT2D eigenvalue weighted by atomic mass is 16.5. The number of hydrogen-bond acceptors (Lipinski definition) is 12. The lowest BCUT2D eigenvalue weighted by molar-refractivity contribution is -0.140. The van der Waals surface area contributed by atoms with E-state index < -0.39 is 51.9 Å². The SMILES string of the molecule is CCCCCN1C2=N/C(C(=O)OC)=C(/C(=O)OC)C(=O)/C=C(/C(=O)OC)N2c2c1c(=O)n(C)c(=O)n2C. The summed E-state index contributed by atoms with van der Waals surface area (Å²) in [4.78, 5) is 84.4. The first-order valence-corrected chi connectivity index (χ1v) is 11.3. The monoisotopic (exact) mass is 517 g/mol. The number of ketones is 1. The largest absolute Gasteiger partial charge is 0.465 e. The Balaban J connectivity index is 2.54. The zero-order valence-corrected chi connectivity index (χ0v) is 21.3. The van der Waals surface area contributed by atoms with Crippen LogP contribution in [0.1, 0.15) is 26.2 Å². The normalized spacial score (nSPS) is 18.2. The Bertz CT molecular complexity index is 1400. The van der Waals surface area contributed by atoms with Crippen molar-refractivity contribution in [3.8, 4) is 0 Å². The highest BCUT2D eigenvalue weighted by Crippen LogP contribution is 2.38. The third-order valence-electron chi connectivity index (χ3n) is 5.89. The van der Waals surface area contributed by atoms with E-state index in [2.05, 4.69) is 9.73 Å². The molecule has 0 aliphatic carbocycles. The van der Waals surface area contributed by atoms with Crippen LogP contribution >= 0.6 is 0 Å². The number of allylic oxidation sites excluding steroid dienone is 1. The molecule has 0 amide bonds. The fourth-order valence-corrected chi connectivity index (χ4v) is 4.02. The number of carbonyl (C=O) groups is 4. The Kier molecular flexibility index (Phi) is 7.79. The molecule has 37 heavy (non-hydrogen) atoms. The lowest BCUT2D eigenvalue weighted by Gasteiger charge is -2.26. The van der Waals surface area contributed by atoms with Gasteiger partial charge in [0, 0.05) is 26.7 Å². The molecular weight excluding hydrogens is 490 g/mol. The van der Waals surface area contributed by atoms with E-state index in [1.165, 1.54) is 19.0 Å². The van der Waals surface area contributed by atoms with E-state index in [9.17, 15) is 28.8 Å². The van der Waals surface area contributed by atoms with Crippen LogP contribution in [0.4, 0.5) is 11.5 Å². The number of anilines is 2. The van der Waals surface area contributed by atoms with E-state index in [0.29, 0.717) is 6.42 Å². The minimum absolute atomic E-state index is 0.0209. The second kappa shape index (κ2) is 10.6. The van der Waals surface area contributed by atoms with Crippen LogP contribution in [0.5, 0.6) is 0 Å². The van der Waals surface area contributed by atoms with Gasteiger partial charge in [0.25, 0.3) is 5.56 Å². The number of aromatic nitrogens is 2. The summed E-state index contributed by atoms with van der Waals surface area (Å²) in [5.41, 5.74) is -3.36. The fourth-order valence-electron chi connectivity index (χ4n) is 4.02. The van der Waals surface area contributed by atoms with E-state index in [1.54, 1.807) is 0 Å². The van der Waals surface area contributed by atoms with E-state index in [0.717, 1.165) is 54.3 Å². The molecule has 0 saturated heterocycles. The minimum Gasteiger partial charge on any atom is -0.465 e. The summed E-state index contributed by atoms with van der Waals surface area (Å²) in [5, 5.41) is 0. The Morgan fingerprint density at radius 1 is 0.892 bits per heavy atom. The van der Waals surface area contributed by atoms with Gasteiger partial charge in [0.15, 0.2) is 23.0 Å². The van der Waals surface area contributed by atoms with Gasteiger partial charge in [0.2, 0.25) is 5.96 Å². The van der Waals surface area contributed by atoms with Crippen LogP contribution in [0.15, 0.2) is 37.6 Å². The van der Waals surface area contributed by atoms with Gasteiger partial charge in [-0.15, -0.1) is 0 Å².